The number of ether oxygens (including phenoxy) is 1. The molecular weight excluding hydrogens is 192 g/mol. The molecule has 0 spiro atoms. The minimum absolute atomic E-state index is 0.00674. The van der Waals surface area contributed by atoms with Crippen LogP contribution in [0.3, 0.4) is 0 Å². The van der Waals surface area contributed by atoms with E-state index in [1.54, 1.807) is 13.3 Å². The lowest BCUT2D eigenvalue weighted by atomic mass is 9.84. The molecule has 0 aromatic carbocycles. The van der Waals surface area contributed by atoms with Gasteiger partial charge in [0.05, 0.1) is 18.5 Å². The highest BCUT2D eigenvalue weighted by Gasteiger charge is 2.36. The summed E-state index contributed by atoms with van der Waals surface area (Å²) in [6, 6.07) is 0. The lowest BCUT2D eigenvalue weighted by Crippen LogP contribution is -2.32. The summed E-state index contributed by atoms with van der Waals surface area (Å²) >= 11 is 0. The largest absolute Gasteiger partial charge is 0.390 e. The monoisotopic (exact) mass is 210 g/mol. The van der Waals surface area contributed by atoms with Crippen LogP contribution in [0.15, 0.2) is 6.20 Å². The van der Waals surface area contributed by atoms with E-state index in [0.29, 0.717) is 0 Å². The summed E-state index contributed by atoms with van der Waals surface area (Å²) in [6.07, 6.45) is 7.36. The van der Waals surface area contributed by atoms with E-state index in [0.717, 1.165) is 24.4 Å². The smallest absolute Gasteiger partial charge is 0.138 e. The number of methoxy groups -OCH3 is 1. The first-order chi connectivity index (χ1) is 7.30. The van der Waals surface area contributed by atoms with Crippen LogP contribution in [0.1, 0.15) is 43.6 Å². The van der Waals surface area contributed by atoms with Crippen LogP contribution in [0.25, 0.3) is 0 Å². The zero-order chi connectivity index (χ0) is 10.7. The standard InChI is InChI=1S/C11H18N2O2/c1-15-11(5-3-2-4-6-11)10-12-7-9(8-14)13-10/h7,14H,2-6,8H2,1H3,(H,12,13). The van der Waals surface area contributed by atoms with Crippen LogP contribution in [0.4, 0.5) is 0 Å². The number of aliphatic hydroxyl groups is 1. The molecule has 4 nitrogen and oxygen atoms in total. The van der Waals surface area contributed by atoms with Crippen molar-refractivity contribution in [3.8, 4) is 0 Å². The van der Waals surface area contributed by atoms with Crippen molar-refractivity contribution in [3.63, 3.8) is 0 Å². The summed E-state index contributed by atoms with van der Waals surface area (Å²) in [5, 5.41) is 8.99. The number of aromatic nitrogens is 2. The molecule has 0 radical (unpaired) electrons. The quantitative estimate of drug-likeness (QED) is 0.798. The van der Waals surface area contributed by atoms with Gasteiger partial charge >= 0.3 is 0 Å². The van der Waals surface area contributed by atoms with Crippen LogP contribution in [-0.2, 0) is 16.9 Å². The second-order valence-electron chi connectivity index (χ2n) is 4.17. The second kappa shape index (κ2) is 4.33. The van der Waals surface area contributed by atoms with Crippen molar-refractivity contribution in [1.82, 2.24) is 9.97 Å². The van der Waals surface area contributed by atoms with E-state index < -0.39 is 0 Å². The van der Waals surface area contributed by atoms with Crippen LogP contribution < -0.4 is 0 Å². The zero-order valence-corrected chi connectivity index (χ0v) is 9.12. The summed E-state index contributed by atoms with van der Waals surface area (Å²) in [5.74, 6) is 0.869. The molecule has 0 amide bonds. The number of hydrogen-bond donors (Lipinski definition) is 2. The fourth-order valence-corrected chi connectivity index (χ4v) is 2.33. The van der Waals surface area contributed by atoms with Gasteiger partial charge in [-0.15, -0.1) is 0 Å². The first-order valence-corrected chi connectivity index (χ1v) is 5.51. The molecule has 1 heterocycles. The SMILES string of the molecule is COC1(c2ncc(CO)[nH]2)CCCCC1. The Labute approximate surface area is 89.7 Å². The molecule has 1 aromatic heterocycles. The average Bonchev–Trinajstić information content (AvgIpc) is 2.79. The minimum Gasteiger partial charge on any atom is -0.390 e. The van der Waals surface area contributed by atoms with Gasteiger partial charge in [0.15, 0.2) is 0 Å². The van der Waals surface area contributed by atoms with Gasteiger partial charge in [0, 0.05) is 7.11 Å². The van der Waals surface area contributed by atoms with Crippen molar-refractivity contribution >= 4 is 0 Å². The summed E-state index contributed by atoms with van der Waals surface area (Å²) in [7, 11) is 1.74. The van der Waals surface area contributed by atoms with E-state index in [1.807, 2.05) is 0 Å². The average molecular weight is 210 g/mol. The number of nitrogens with zero attached hydrogens (tertiary/aromatic N) is 1. The number of rotatable bonds is 3. The van der Waals surface area contributed by atoms with E-state index in [4.69, 9.17) is 9.84 Å². The fraction of sp³-hybridized carbons (Fsp3) is 0.727. The number of aliphatic hydroxyl groups excluding tert-OH is 1. The van der Waals surface area contributed by atoms with Crippen LogP contribution in [0.5, 0.6) is 0 Å². The molecule has 0 saturated heterocycles. The van der Waals surface area contributed by atoms with Crippen LogP contribution in [-0.4, -0.2) is 22.2 Å². The third kappa shape index (κ3) is 1.92. The predicted octanol–water partition coefficient (Wildman–Crippen LogP) is 1.71. The van der Waals surface area contributed by atoms with Crippen molar-refractivity contribution in [2.75, 3.05) is 7.11 Å². The number of hydrogen-bond acceptors (Lipinski definition) is 3. The molecule has 0 bridgehead atoms. The molecule has 0 unspecified atom stereocenters. The van der Waals surface area contributed by atoms with Gasteiger partial charge in [-0.1, -0.05) is 19.3 Å². The Bertz CT molecular complexity index is 316. The molecule has 84 valence electrons. The van der Waals surface area contributed by atoms with Gasteiger partial charge in [-0.3, -0.25) is 0 Å². The maximum atomic E-state index is 8.99. The Morgan fingerprint density at radius 3 is 2.73 bits per heavy atom. The van der Waals surface area contributed by atoms with Gasteiger partial charge in [0.2, 0.25) is 0 Å². The Morgan fingerprint density at radius 1 is 1.47 bits per heavy atom. The molecule has 1 aromatic rings. The summed E-state index contributed by atoms with van der Waals surface area (Å²) < 4.78 is 5.65. The maximum Gasteiger partial charge on any atom is 0.138 e. The molecule has 4 heteroatoms. The van der Waals surface area contributed by atoms with Crippen LogP contribution in [0, 0.1) is 0 Å². The Kier molecular flexibility index (Phi) is 3.07. The summed E-state index contributed by atoms with van der Waals surface area (Å²) in [5.41, 5.74) is 0.512. The predicted molar refractivity (Wildman–Crippen MR) is 56.3 cm³/mol. The van der Waals surface area contributed by atoms with E-state index in [-0.39, 0.29) is 12.2 Å². The summed E-state index contributed by atoms with van der Waals surface area (Å²) in [6.45, 7) is 0.00674. The van der Waals surface area contributed by atoms with Gasteiger partial charge in [-0.25, -0.2) is 4.98 Å². The van der Waals surface area contributed by atoms with E-state index in [2.05, 4.69) is 9.97 Å². The number of nitrogens with one attached hydrogen (secondary N) is 1. The highest BCUT2D eigenvalue weighted by atomic mass is 16.5. The van der Waals surface area contributed by atoms with E-state index in [1.165, 1.54) is 19.3 Å². The maximum absolute atomic E-state index is 8.99. The van der Waals surface area contributed by atoms with Crippen molar-refractivity contribution in [3.05, 3.63) is 17.7 Å². The molecule has 1 fully saturated rings. The Balaban J connectivity index is 2.24. The molecular formula is C11H18N2O2. The normalized spacial score (nSPS) is 20.4. The molecule has 0 atom stereocenters. The lowest BCUT2D eigenvalue weighted by molar-refractivity contribution is -0.0510. The van der Waals surface area contributed by atoms with E-state index in [9.17, 15) is 0 Å². The van der Waals surface area contributed by atoms with Gasteiger partial charge in [0.25, 0.3) is 0 Å². The number of aromatic amines is 1. The van der Waals surface area contributed by atoms with E-state index >= 15 is 0 Å². The Morgan fingerprint density at radius 2 is 2.20 bits per heavy atom. The third-order valence-electron chi connectivity index (χ3n) is 3.28. The molecule has 2 rings (SSSR count). The molecule has 15 heavy (non-hydrogen) atoms. The van der Waals surface area contributed by atoms with Crippen molar-refractivity contribution < 1.29 is 9.84 Å². The van der Waals surface area contributed by atoms with Crippen molar-refractivity contribution in [2.24, 2.45) is 0 Å². The van der Waals surface area contributed by atoms with Gasteiger partial charge in [-0.2, -0.15) is 0 Å². The highest BCUT2D eigenvalue weighted by molar-refractivity contribution is 5.09. The first-order valence-electron chi connectivity index (χ1n) is 5.51. The third-order valence-corrected chi connectivity index (χ3v) is 3.28. The number of imidazole rings is 1. The topological polar surface area (TPSA) is 58.1 Å². The molecule has 1 aliphatic rings. The van der Waals surface area contributed by atoms with Gasteiger partial charge in [0.1, 0.15) is 11.4 Å². The highest BCUT2D eigenvalue weighted by Crippen LogP contribution is 2.38. The fourth-order valence-electron chi connectivity index (χ4n) is 2.33. The minimum atomic E-state index is -0.244. The molecule has 2 N–H and O–H groups in total. The number of H-pyrrole nitrogens is 1. The van der Waals surface area contributed by atoms with Crippen molar-refractivity contribution in [1.29, 1.82) is 0 Å². The second-order valence-corrected chi connectivity index (χ2v) is 4.17. The van der Waals surface area contributed by atoms with Gasteiger partial charge < -0.3 is 14.8 Å². The summed E-state index contributed by atoms with van der Waals surface area (Å²) in [4.78, 5) is 7.45. The lowest BCUT2D eigenvalue weighted by Gasteiger charge is -2.34. The zero-order valence-electron chi connectivity index (χ0n) is 9.12. The van der Waals surface area contributed by atoms with Crippen molar-refractivity contribution in [2.45, 2.75) is 44.3 Å². The molecule has 1 saturated carbocycles. The molecule has 1 aliphatic carbocycles. The molecule has 0 aliphatic heterocycles. The van der Waals surface area contributed by atoms with Crippen LogP contribution in [0.2, 0.25) is 0 Å². The van der Waals surface area contributed by atoms with Crippen LogP contribution >= 0.6 is 0 Å². The first kappa shape index (κ1) is 10.6. The Hall–Kier alpha value is -0.870. The van der Waals surface area contributed by atoms with Gasteiger partial charge in [-0.05, 0) is 12.8 Å².